The van der Waals surface area contributed by atoms with Crippen LogP contribution < -0.4 is 9.80 Å². The Kier molecular flexibility index (Phi) is 13.7. The monoisotopic (exact) mass is 837 g/mol. The van der Waals surface area contributed by atoms with Crippen LogP contribution in [0.25, 0.3) is 29.0 Å². The van der Waals surface area contributed by atoms with Crippen LogP contribution in [0.15, 0.2) is 193 Å². The molecule has 4 aliphatic carbocycles. The van der Waals surface area contributed by atoms with Gasteiger partial charge in [-0.1, -0.05) is 165 Å². The molecule has 4 aliphatic rings. The van der Waals surface area contributed by atoms with Crippen molar-refractivity contribution >= 4 is 46.1 Å². The van der Waals surface area contributed by atoms with E-state index in [1.165, 1.54) is 84.6 Å². The summed E-state index contributed by atoms with van der Waals surface area (Å²) in [5.41, 5.74) is 17.3. The lowest BCUT2D eigenvalue weighted by Gasteiger charge is -2.32. The summed E-state index contributed by atoms with van der Waals surface area (Å²) >= 11 is 0. The van der Waals surface area contributed by atoms with Crippen LogP contribution in [-0.4, -0.2) is 6.04 Å². The molecule has 2 nitrogen and oxygen atoms in total. The van der Waals surface area contributed by atoms with Gasteiger partial charge in [-0.05, 0) is 176 Å². The van der Waals surface area contributed by atoms with Gasteiger partial charge in [-0.25, -0.2) is 0 Å². The maximum atomic E-state index is 2.55. The van der Waals surface area contributed by atoms with E-state index < -0.39 is 0 Å². The van der Waals surface area contributed by atoms with Crippen molar-refractivity contribution in [2.75, 3.05) is 9.80 Å². The first-order valence-corrected chi connectivity index (χ1v) is 24.1. The van der Waals surface area contributed by atoms with Gasteiger partial charge in [0.2, 0.25) is 0 Å². The summed E-state index contributed by atoms with van der Waals surface area (Å²) in [5.74, 6) is 0.336. The molecule has 9 rings (SSSR count). The number of aryl methyl sites for hydroxylation is 3. The predicted molar refractivity (Wildman–Crippen MR) is 278 cm³/mol. The summed E-state index contributed by atoms with van der Waals surface area (Å²) in [7, 11) is 0. The Bertz CT molecular complexity index is 2740. The van der Waals surface area contributed by atoms with E-state index in [0.29, 0.717) is 5.92 Å². The largest absolute Gasteiger partial charge is 0.334 e. The highest BCUT2D eigenvalue weighted by Crippen LogP contribution is 2.37. The summed E-state index contributed by atoms with van der Waals surface area (Å²) < 4.78 is 0. The molecule has 322 valence electrons. The highest BCUT2D eigenvalue weighted by Gasteiger charge is 2.23. The number of benzene rings is 5. The van der Waals surface area contributed by atoms with E-state index in [-0.39, 0.29) is 6.04 Å². The van der Waals surface area contributed by atoms with Gasteiger partial charge in [-0.3, -0.25) is 0 Å². The molecule has 2 atom stereocenters. The quantitative estimate of drug-likeness (QED) is 0.138. The van der Waals surface area contributed by atoms with Gasteiger partial charge in [-0.2, -0.15) is 0 Å². The molecule has 5 aromatic rings. The molecule has 0 fully saturated rings. The zero-order chi connectivity index (χ0) is 43.7. The first kappa shape index (κ1) is 42.9. The van der Waals surface area contributed by atoms with Crippen molar-refractivity contribution in [2.45, 2.75) is 97.4 Å². The Balaban J connectivity index is 0.982. The fourth-order valence-corrected chi connectivity index (χ4v) is 9.81. The van der Waals surface area contributed by atoms with Crippen LogP contribution in [0, 0.1) is 5.92 Å². The second-order valence-corrected chi connectivity index (χ2v) is 18.1. The molecular formula is C62H64N2. The van der Waals surface area contributed by atoms with Gasteiger partial charge in [0.15, 0.2) is 0 Å². The second kappa shape index (κ2) is 20.4. The van der Waals surface area contributed by atoms with Gasteiger partial charge in [0.1, 0.15) is 0 Å². The Hall–Kier alpha value is -6.38. The zero-order valence-electron chi connectivity index (χ0n) is 38.2. The van der Waals surface area contributed by atoms with E-state index in [0.717, 1.165) is 64.2 Å². The molecule has 0 bridgehead atoms. The summed E-state index contributed by atoms with van der Waals surface area (Å²) in [4.78, 5) is 5.08. The van der Waals surface area contributed by atoms with Crippen LogP contribution in [0.1, 0.15) is 106 Å². The van der Waals surface area contributed by atoms with Crippen molar-refractivity contribution < 1.29 is 0 Å². The molecule has 5 aromatic carbocycles. The zero-order valence-corrected chi connectivity index (χ0v) is 38.2. The number of rotatable bonds is 10. The Morgan fingerprint density at radius 2 is 1.41 bits per heavy atom. The molecule has 2 heteroatoms. The maximum absolute atomic E-state index is 2.55. The Labute approximate surface area is 383 Å². The SMILES string of the molecule is CCC1=Cc2cc(N(C3=CCCC(/C=C/c4ccc(N(c5ccc6cc(CC)ccc6c5)[C@H]5C=Cc6ccccc6CC5)cc4)C=C3)/C3=C/CC/C=C\C=C/CC(C)=C3)ccc2CC1. The molecule has 0 heterocycles. The molecule has 0 radical (unpaired) electrons. The number of hydrogen-bond donors (Lipinski definition) is 0. The third-order valence-electron chi connectivity index (χ3n) is 13.6. The molecular weight excluding hydrogens is 773 g/mol. The van der Waals surface area contributed by atoms with Crippen molar-refractivity contribution in [3.05, 3.63) is 226 Å². The fourth-order valence-electron chi connectivity index (χ4n) is 9.81. The number of hydrogen-bond acceptors (Lipinski definition) is 2. The third-order valence-corrected chi connectivity index (χ3v) is 13.6. The fraction of sp³-hybridized carbons (Fsp3) is 0.258. The molecule has 1 unspecified atom stereocenters. The molecule has 0 N–H and O–H groups in total. The van der Waals surface area contributed by atoms with Crippen LogP contribution >= 0.6 is 0 Å². The van der Waals surface area contributed by atoms with Crippen LogP contribution in [0.2, 0.25) is 0 Å². The highest BCUT2D eigenvalue weighted by molar-refractivity contribution is 5.88. The normalized spacial score (nSPS) is 20.6. The lowest BCUT2D eigenvalue weighted by Crippen LogP contribution is -2.29. The van der Waals surface area contributed by atoms with Gasteiger partial charge in [0.05, 0.1) is 6.04 Å². The van der Waals surface area contributed by atoms with E-state index in [1.807, 2.05) is 0 Å². The third kappa shape index (κ3) is 10.2. The second-order valence-electron chi connectivity index (χ2n) is 18.1. The average molecular weight is 837 g/mol. The highest BCUT2D eigenvalue weighted by atomic mass is 15.2. The van der Waals surface area contributed by atoms with E-state index in [9.17, 15) is 0 Å². The smallest absolute Gasteiger partial charge is 0.0528 e. The van der Waals surface area contributed by atoms with Crippen molar-refractivity contribution in [3.8, 4) is 0 Å². The molecule has 0 saturated heterocycles. The van der Waals surface area contributed by atoms with Crippen LogP contribution in [-0.2, 0) is 19.3 Å². The summed E-state index contributed by atoms with van der Waals surface area (Å²) in [6, 6.07) is 39.4. The first-order valence-electron chi connectivity index (χ1n) is 24.1. The summed E-state index contributed by atoms with van der Waals surface area (Å²) in [6.07, 6.45) is 44.7. The Morgan fingerprint density at radius 3 is 2.30 bits per heavy atom. The molecule has 0 aromatic heterocycles. The van der Waals surface area contributed by atoms with E-state index >= 15 is 0 Å². The van der Waals surface area contributed by atoms with Crippen molar-refractivity contribution in [1.82, 2.24) is 0 Å². The van der Waals surface area contributed by atoms with Crippen LogP contribution in [0.3, 0.4) is 0 Å². The lowest BCUT2D eigenvalue weighted by molar-refractivity contribution is 0.705. The van der Waals surface area contributed by atoms with Crippen molar-refractivity contribution in [1.29, 1.82) is 0 Å². The van der Waals surface area contributed by atoms with E-state index in [4.69, 9.17) is 0 Å². The van der Waals surface area contributed by atoms with Gasteiger partial charge in [0.25, 0.3) is 0 Å². The molecule has 0 saturated carbocycles. The molecule has 0 amide bonds. The maximum Gasteiger partial charge on any atom is 0.0528 e. The minimum Gasteiger partial charge on any atom is -0.334 e. The Morgan fingerprint density at radius 1 is 0.609 bits per heavy atom. The average Bonchev–Trinajstić information content (AvgIpc) is 3.72. The van der Waals surface area contributed by atoms with E-state index in [1.54, 1.807) is 5.57 Å². The molecule has 0 aliphatic heterocycles. The van der Waals surface area contributed by atoms with Gasteiger partial charge in [-0.15, -0.1) is 0 Å². The van der Waals surface area contributed by atoms with Gasteiger partial charge < -0.3 is 9.80 Å². The summed E-state index contributed by atoms with van der Waals surface area (Å²) in [6.45, 7) is 6.78. The minimum absolute atomic E-state index is 0.231. The first-order chi connectivity index (χ1) is 31.5. The van der Waals surface area contributed by atoms with Crippen LogP contribution in [0.4, 0.5) is 17.1 Å². The minimum atomic E-state index is 0.231. The van der Waals surface area contributed by atoms with Gasteiger partial charge in [0, 0.05) is 28.5 Å². The standard InChI is InChI=1S/C62H64N2/c1-4-47-24-29-55-44-61(40-33-54(55)42-47)63(59-37-30-51-17-12-13-18-52(51)31-38-59)58-35-26-50(27-36-58)22-21-49-16-14-20-57(34-25-49)64(60-19-11-9-7-6-8-10-15-46(3)41-60)62-39-32-53-28-23-48(5-2)43-56(53)45-62/h6-8,10,12-13,17-22,24-27,29-30,32-37,39-45,49,59H,4-5,9,11,14-16,23,28,31,38H2,1-3H3/b7-6-,10-8-,22-21+,46-41?,60-19+/t49?,59-/m0/s1. The number of anilines is 3. The number of nitrogens with zero attached hydrogens (tertiary/aromatic N) is 2. The summed E-state index contributed by atoms with van der Waals surface area (Å²) in [5, 5.41) is 2.59. The molecule has 64 heavy (non-hydrogen) atoms. The van der Waals surface area contributed by atoms with E-state index in [2.05, 4.69) is 219 Å². The number of allylic oxidation sites excluding steroid dienone is 12. The van der Waals surface area contributed by atoms with Crippen LogP contribution in [0.5, 0.6) is 0 Å². The van der Waals surface area contributed by atoms with Crippen molar-refractivity contribution in [3.63, 3.8) is 0 Å². The molecule has 0 spiro atoms. The lowest BCUT2D eigenvalue weighted by atomic mass is 9.90. The van der Waals surface area contributed by atoms with Crippen molar-refractivity contribution in [2.24, 2.45) is 5.92 Å². The van der Waals surface area contributed by atoms with Gasteiger partial charge >= 0.3 is 0 Å². The predicted octanol–water partition coefficient (Wildman–Crippen LogP) is 16.8. The number of fused-ring (bicyclic) bond motifs is 3. The topological polar surface area (TPSA) is 6.48 Å².